The third kappa shape index (κ3) is 5.63. The van der Waals surface area contributed by atoms with Gasteiger partial charge in [0.1, 0.15) is 11.5 Å². The monoisotopic (exact) mass is 352 g/mol. The van der Waals surface area contributed by atoms with Crippen molar-refractivity contribution < 1.29 is 18.0 Å². The zero-order valence-electron chi connectivity index (χ0n) is 14.1. The fourth-order valence-electron chi connectivity index (χ4n) is 2.78. The van der Waals surface area contributed by atoms with Crippen LogP contribution >= 0.6 is 0 Å². The van der Waals surface area contributed by atoms with E-state index >= 15 is 0 Å². The number of benzene rings is 1. The maximum Gasteiger partial charge on any atom is 0.239 e. The van der Waals surface area contributed by atoms with Crippen molar-refractivity contribution in [2.45, 2.75) is 26.7 Å². The van der Waals surface area contributed by atoms with Crippen molar-refractivity contribution in [2.75, 3.05) is 29.9 Å². The van der Waals surface area contributed by atoms with Crippen LogP contribution < -0.4 is 5.32 Å². The molecule has 1 aliphatic rings. The number of sulfone groups is 1. The number of anilines is 1. The minimum absolute atomic E-state index is 0.384. The number of hydrogen-bond donors (Lipinski definition) is 1. The van der Waals surface area contributed by atoms with E-state index in [1.54, 1.807) is 17.0 Å². The Balaban J connectivity index is 1.89. The van der Waals surface area contributed by atoms with E-state index in [4.69, 9.17) is 0 Å². The SMILES string of the molecule is Cc1ccc(NC(=O)CS(=O)(=O)CC(=O)N2CCCC(C)C2)cc1. The Bertz CT molecular complexity index is 698. The predicted octanol–water partition coefficient (Wildman–Crippen LogP) is 1.61. The largest absolute Gasteiger partial charge is 0.342 e. The quantitative estimate of drug-likeness (QED) is 0.872. The molecular weight excluding hydrogens is 328 g/mol. The highest BCUT2D eigenvalue weighted by molar-refractivity contribution is 7.92. The smallest absolute Gasteiger partial charge is 0.239 e. The molecule has 1 N–H and O–H groups in total. The van der Waals surface area contributed by atoms with Crippen LogP contribution in [0.2, 0.25) is 0 Å². The summed E-state index contributed by atoms with van der Waals surface area (Å²) in [6.45, 7) is 5.14. The van der Waals surface area contributed by atoms with Crippen LogP contribution in [0.3, 0.4) is 0 Å². The summed E-state index contributed by atoms with van der Waals surface area (Å²) in [5, 5.41) is 2.54. The van der Waals surface area contributed by atoms with Gasteiger partial charge in [0.25, 0.3) is 0 Å². The first-order chi connectivity index (χ1) is 11.2. The third-order valence-electron chi connectivity index (χ3n) is 4.04. The Morgan fingerprint density at radius 3 is 2.50 bits per heavy atom. The molecule has 1 atom stereocenters. The Morgan fingerprint density at radius 1 is 1.21 bits per heavy atom. The lowest BCUT2D eigenvalue weighted by Crippen LogP contribution is -2.43. The van der Waals surface area contributed by atoms with E-state index in [-0.39, 0.29) is 0 Å². The molecule has 24 heavy (non-hydrogen) atoms. The highest BCUT2D eigenvalue weighted by Gasteiger charge is 2.27. The summed E-state index contributed by atoms with van der Waals surface area (Å²) in [4.78, 5) is 25.6. The first-order valence-corrected chi connectivity index (χ1v) is 9.92. The average molecular weight is 352 g/mol. The number of carbonyl (C=O) groups excluding carboxylic acids is 2. The molecule has 0 radical (unpaired) electrons. The van der Waals surface area contributed by atoms with Gasteiger partial charge < -0.3 is 10.2 Å². The highest BCUT2D eigenvalue weighted by atomic mass is 32.2. The average Bonchev–Trinajstić information content (AvgIpc) is 2.48. The van der Waals surface area contributed by atoms with Crippen molar-refractivity contribution >= 4 is 27.3 Å². The molecule has 0 bridgehead atoms. The Kier molecular flexibility index (Phi) is 5.99. The van der Waals surface area contributed by atoms with Crippen molar-refractivity contribution in [1.29, 1.82) is 0 Å². The molecule has 132 valence electrons. The molecule has 1 fully saturated rings. The predicted molar refractivity (Wildman–Crippen MR) is 93.4 cm³/mol. The molecule has 7 heteroatoms. The molecule has 1 saturated heterocycles. The molecule has 1 aromatic carbocycles. The molecule has 1 aliphatic heterocycles. The topological polar surface area (TPSA) is 83.5 Å². The summed E-state index contributed by atoms with van der Waals surface area (Å²) in [7, 11) is -3.78. The molecule has 1 heterocycles. The van der Waals surface area contributed by atoms with Crippen LogP contribution in [-0.2, 0) is 19.4 Å². The second kappa shape index (κ2) is 7.79. The number of carbonyl (C=O) groups is 2. The number of amides is 2. The lowest BCUT2D eigenvalue weighted by molar-refractivity contribution is -0.130. The molecule has 6 nitrogen and oxygen atoms in total. The molecule has 0 spiro atoms. The lowest BCUT2D eigenvalue weighted by atomic mass is 10.0. The first-order valence-electron chi connectivity index (χ1n) is 8.10. The molecule has 0 saturated carbocycles. The summed E-state index contributed by atoms with van der Waals surface area (Å²) in [5.74, 6) is -1.95. The number of hydrogen-bond acceptors (Lipinski definition) is 4. The van der Waals surface area contributed by atoms with Gasteiger partial charge in [-0.3, -0.25) is 9.59 Å². The Hall–Kier alpha value is -1.89. The number of aryl methyl sites for hydroxylation is 1. The van der Waals surface area contributed by atoms with E-state index in [9.17, 15) is 18.0 Å². The van der Waals surface area contributed by atoms with Crippen LogP contribution in [0.4, 0.5) is 5.69 Å². The molecular formula is C17H24N2O4S. The van der Waals surface area contributed by atoms with Gasteiger partial charge >= 0.3 is 0 Å². The number of nitrogens with zero attached hydrogens (tertiary/aromatic N) is 1. The van der Waals surface area contributed by atoms with E-state index < -0.39 is 33.2 Å². The maximum absolute atomic E-state index is 12.2. The van der Waals surface area contributed by atoms with Gasteiger partial charge in [0.2, 0.25) is 11.8 Å². The van der Waals surface area contributed by atoms with Crippen LogP contribution in [0.15, 0.2) is 24.3 Å². The van der Waals surface area contributed by atoms with Gasteiger partial charge in [-0.1, -0.05) is 24.6 Å². The summed E-state index contributed by atoms with van der Waals surface area (Å²) in [6, 6.07) is 7.07. The molecule has 2 rings (SSSR count). The number of likely N-dealkylation sites (tertiary alicyclic amines) is 1. The zero-order valence-corrected chi connectivity index (χ0v) is 14.9. The van der Waals surface area contributed by atoms with Gasteiger partial charge in [-0.2, -0.15) is 0 Å². The Morgan fingerprint density at radius 2 is 1.88 bits per heavy atom. The van der Waals surface area contributed by atoms with Gasteiger partial charge in [0, 0.05) is 18.8 Å². The van der Waals surface area contributed by atoms with Crippen LogP contribution in [0.1, 0.15) is 25.3 Å². The number of piperidine rings is 1. The maximum atomic E-state index is 12.2. The highest BCUT2D eigenvalue weighted by Crippen LogP contribution is 2.16. The van der Waals surface area contributed by atoms with Crippen molar-refractivity contribution in [3.05, 3.63) is 29.8 Å². The van der Waals surface area contributed by atoms with E-state index in [2.05, 4.69) is 5.32 Å². The standard InChI is InChI=1S/C17H24N2O4S/c1-13-5-7-15(8-6-13)18-16(20)11-24(22,23)12-17(21)19-9-3-4-14(2)10-19/h5-8,14H,3-4,9-12H2,1-2H3,(H,18,20). The minimum atomic E-state index is -3.78. The van der Waals surface area contributed by atoms with Crippen LogP contribution in [0, 0.1) is 12.8 Å². The van der Waals surface area contributed by atoms with Crippen LogP contribution in [0.5, 0.6) is 0 Å². The van der Waals surface area contributed by atoms with Crippen molar-refractivity contribution in [2.24, 2.45) is 5.92 Å². The van der Waals surface area contributed by atoms with Gasteiger partial charge in [-0.15, -0.1) is 0 Å². The van der Waals surface area contributed by atoms with Crippen molar-refractivity contribution in [3.63, 3.8) is 0 Å². The first kappa shape index (κ1) is 18.4. The summed E-state index contributed by atoms with van der Waals surface area (Å²) < 4.78 is 24.2. The van der Waals surface area contributed by atoms with Gasteiger partial charge in [0.05, 0.1) is 0 Å². The van der Waals surface area contributed by atoms with Gasteiger partial charge in [0.15, 0.2) is 9.84 Å². The van der Waals surface area contributed by atoms with E-state index in [1.807, 2.05) is 26.0 Å². The third-order valence-corrected chi connectivity index (χ3v) is 5.43. The van der Waals surface area contributed by atoms with Crippen molar-refractivity contribution in [3.8, 4) is 0 Å². The Labute approximate surface area is 143 Å². The molecule has 1 unspecified atom stereocenters. The lowest BCUT2D eigenvalue weighted by Gasteiger charge is -2.30. The minimum Gasteiger partial charge on any atom is -0.342 e. The zero-order chi connectivity index (χ0) is 17.7. The fraction of sp³-hybridized carbons (Fsp3) is 0.529. The van der Waals surface area contributed by atoms with Crippen LogP contribution in [0.25, 0.3) is 0 Å². The summed E-state index contributed by atoms with van der Waals surface area (Å²) in [6.07, 6.45) is 1.94. The second-order valence-corrected chi connectivity index (χ2v) is 8.60. The molecule has 2 amide bonds. The molecule has 1 aromatic rings. The van der Waals surface area contributed by atoms with E-state index in [1.165, 1.54) is 0 Å². The van der Waals surface area contributed by atoms with Gasteiger partial charge in [-0.05, 0) is 37.8 Å². The van der Waals surface area contributed by atoms with Gasteiger partial charge in [-0.25, -0.2) is 8.42 Å². The normalized spacial score (nSPS) is 18.2. The van der Waals surface area contributed by atoms with Crippen molar-refractivity contribution in [1.82, 2.24) is 4.90 Å². The second-order valence-electron chi connectivity index (χ2n) is 6.53. The van der Waals surface area contributed by atoms with E-state index in [0.29, 0.717) is 24.7 Å². The van der Waals surface area contributed by atoms with Crippen LogP contribution in [-0.4, -0.2) is 49.7 Å². The van der Waals surface area contributed by atoms with E-state index in [0.717, 1.165) is 18.4 Å². The summed E-state index contributed by atoms with van der Waals surface area (Å²) in [5.41, 5.74) is 1.58. The summed E-state index contributed by atoms with van der Waals surface area (Å²) >= 11 is 0. The molecule has 0 aliphatic carbocycles. The fourth-order valence-corrected chi connectivity index (χ4v) is 3.91. The molecule has 0 aromatic heterocycles. The number of nitrogens with one attached hydrogen (secondary N) is 1. The number of rotatable bonds is 5.